The number of rotatable bonds is 6. The molecule has 0 aliphatic heterocycles. The predicted molar refractivity (Wildman–Crippen MR) is 92.2 cm³/mol. The maximum absolute atomic E-state index is 11.8. The molecule has 0 fully saturated rings. The van der Waals surface area contributed by atoms with Crippen molar-refractivity contribution in [3.63, 3.8) is 0 Å². The number of nitrogens with one attached hydrogen (secondary N) is 4. The summed E-state index contributed by atoms with van der Waals surface area (Å²) in [5.41, 5.74) is 0.0864. The second-order valence-electron chi connectivity index (χ2n) is 4.98. The number of urea groups is 2. The van der Waals surface area contributed by atoms with E-state index in [1.807, 2.05) is 10.6 Å². The molecule has 28 heavy (non-hydrogen) atoms. The Morgan fingerprint density at radius 1 is 0.679 bits per heavy atom. The highest BCUT2D eigenvalue weighted by Gasteiger charge is 2.15. The van der Waals surface area contributed by atoms with Crippen LogP contribution in [0.2, 0.25) is 0 Å². The second-order valence-corrected chi connectivity index (χ2v) is 4.98. The molecule has 0 aromatic heterocycles. The fourth-order valence-corrected chi connectivity index (χ4v) is 1.62. The fourth-order valence-electron chi connectivity index (χ4n) is 1.62. The monoisotopic (exact) mass is 394 g/mol. The third kappa shape index (κ3) is 7.51. The van der Waals surface area contributed by atoms with Crippen LogP contribution in [0.25, 0.3) is 0 Å². The number of imide groups is 2. The summed E-state index contributed by atoms with van der Waals surface area (Å²) in [4.78, 5) is 68.2. The maximum atomic E-state index is 11.8. The SMILES string of the molecule is CNC(=O)NC(=O)COC(=O)c1ccc(C(=O)OCC(=O)NC(=O)NC)cc1. The van der Waals surface area contributed by atoms with Gasteiger partial charge in [0.1, 0.15) is 0 Å². The summed E-state index contributed by atoms with van der Waals surface area (Å²) >= 11 is 0. The zero-order valence-corrected chi connectivity index (χ0v) is 15.0. The third-order valence-corrected chi connectivity index (χ3v) is 2.99. The van der Waals surface area contributed by atoms with E-state index < -0.39 is 49.0 Å². The van der Waals surface area contributed by atoms with E-state index in [9.17, 15) is 28.8 Å². The minimum Gasteiger partial charge on any atom is -0.452 e. The van der Waals surface area contributed by atoms with E-state index in [0.717, 1.165) is 0 Å². The molecule has 0 radical (unpaired) electrons. The zero-order chi connectivity index (χ0) is 21.1. The van der Waals surface area contributed by atoms with Crippen molar-refractivity contribution in [3.05, 3.63) is 35.4 Å². The number of amides is 6. The average Bonchev–Trinajstić information content (AvgIpc) is 2.69. The van der Waals surface area contributed by atoms with Crippen LogP contribution in [-0.2, 0) is 19.1 Å². The molecular weight excluding hydrogens is 376 g/mol. The number of hydrogen-bond acceptors (Lipinski definition) is 8. The fraction of sp³-hybridized carbons (Fsp3) is 0.250. The number of carbonyl (C=O) groups is 6. The molecule has 0 aliphatic carbocycles. The van der Waals surface area contributed by atoms with E-state index in [0.29, 0.717) is 0 Å². The molecule has 1 aromatic rings. The maximum Gasteiger partial charge on any atom is 0.338 e. The van der Waals surface area contributed by atoms with Gasteiger partial charge in [-0.25, -0.2) is 19.2 Å². The molecule has 0 spiro atoms. The molecule has 0 atom stereocenters. The largest absolute Gasteiger partial charge is 0.452 e. The van der Waals surface area contributed by atoms with E-state index >= 15 is 0 Å². The van der Waals surface area contributed by atoms with Gasteiger partial charge >= 0.3 is 24.0 Å². The molecule has 12 nitrogen and oxygen atoms in total. The third-order valence-electron chi connectivity index (χ3n) is 2.99. The predicted octanol–water partition coefficient (Wildman–Crippen LogP) is -1.09. The highest BCUT2D eigenvalue weighted by atomic mass is 16.5. The topological polar surface area (TPSA) is 169 Å². The van der Waals surface area contributed by atoms with E-state index in [1.165, 1.54) is 38.4 Å². The molecule has 0 unspecified atom stereocenters. The molecule has 1 aromatic carbocycles. The van der Waals surface area contributed by atoms with Crippen LogP contribution in [0, 0.1) is 0 Å². The van der Waals surface area contributed by atoms with Crippen molar-refractivity contribution in [2.75, 3.05) is 27.3 Å². The van der Waals surface area contributed by atoms with Crippen LogP contribution in [0.3, 0.4) is 0 Å². The van der Waals surface area contributed by atoms with Gasteiger partial charge in [-0.15, -0.1) is 0 Å². The van der Waals surface area contributed by atoms with Crippen molar-refractivity contribution in [1.82, 2.24) is 21.3 Å². The van der Waals surface area contributed by atoms with Crippen molar-refractivity contribution in [2.45, 2.75) is 0 Å². The Kier molecular flexibility index (Phi) is 8.60. The first kappa shape index (κ1) is 22.1. The Morgan fingerprint density at radius 3 is 1.29 bits per heavy atom. The normalized spacial score (nSPS) is 9.50. The first-order chi connectivity index (χ1) is 13.3. The van der Waals surface area contributed by atoms with Gasteiger partial charge in [0.15, 0.2) is 13.2 Å². The highest BCUT2D eigenvalue weighted by Crippen LogP contribution is 2.07. The average molecular weight is 394 g/mol. The Morgan fingerprint density at radius 2 is 1.00 bits per heavy atom. The van der Waals surface area contributed by atoms with E-state index in [2.05, 4.69) is 10.6 Å². The van der Waals surface area contributed by atoms with Crippen LogP contribution < -0.4 is 21.3 Å². The molecule has 0 bridgehead atoms. The van der Waals surface area contributed by atoms with Gasteiger partial charge in [-0.2, -0.15) is 0 Å². The number of carbonyl (C=O) groups excluding carboxylic acids is 6. The summed E-state index contributed by atoms with van der Waals surface area (Å²) < 4.78 is 9.45. The van der Waals surface area contributed by atoms with Crippen molar-refractivity contribution in [2.24, 2.45) is 0 Å². The van der Waals surface area contributed by atoms with Crippen molar-refractivity contribution >= 4 is 35.8 Å². The Bertz CT molecular complexity index is 710. The van der Waals surface area contributed by atoms with E-state index in [-0.39, 0.29) is 11.1 Å². The lowest BCUT2D eigenvalue weighted by Gasteiger charge is -2.07. The summed E-state index contributed by atoms with van der Waals surface area (Å²) in [5.74, 6) is -3.33. The lowest BCUT2D eigenvalue weighted by atomic mass is 10.1. The van der Waals surface area contributed by atoms with Crippen LogP contribution in [0.5, 0.6) is 0 Å². The second kappa shape index (κ2) is 10.9. The molecule has 0 saturated carbocycles. The highest BCUT2D eigenvalue weighted by molar-refractivity contribution is 5.98. The molecule has 6 amide bonds. The van der Waals surface area contributed by atoms with Gasteiger partial charge in [-0.1, -0.05) is 0 Å². The molecule has 4 N–H and O–H groups in total. The van der Waals surface area contributed by atoms with Gasteiger partial charge in [-0.05, 0) is 24.3 Å². The minimum atomic E-state index is -0.850. The molecule has 1 rings (SSSR count). The number of hydrogen-bond donors (Lipinski definition) is 4. The first-order valence-corrected chi connectivity index (χ1v) is 7.74. The quantitative estimate of drug-likeness (QED) is 0.441. The Labute approximate surface area is 158 Å². The number of ether oxygens (including phenoxy) is 2. The van der Waals surface area contributed by atoms with Crippen LogP contribution in [0.1, 0.15) is 20.7 Å². The van der Waals surface area contributed by atoms with E-state index in [1.54, 1.807) is 0 Å². The molecule has 0 heterocycles. The molecule has 150 valence electrons. The van der Waals surface area contributed by atoms with Gasteiger partial charge in [0.05, 0.1) is 11.1 Å². The van der Waals surface area contributed by atoms with Crippen LogP contribution >= 0.6 is 0 Å². The Hall–Kier alpha value is -3.96. The summed E-state index contributed by atoms with van der Waals surface area (Å²) in [5, 5.41) is 8.15. The standard InChI is InChI=1S/C16H18N4O8/c1-17-15(25)19-11(21)7-27-13(23)9-3-5-10(6-4-9)14(24)28-8-12(22)20-16(26)18-2/h3-6H,7-8H2,1-2H3,(H2,17,19,21,25)(H2,18,20,22,26). The van der Waals surface area contributed by atoms with Gasteiger partial charge in [-0.3, -0.25) is 20.2 Å². The zero-order valence-electron chi connectivity index (χ0n) is 15.0. The molecular formula is C16H18N4O8. The summed E-state index contributed by atoms with van der Waals surface area (Å²) in [7, 11) is 2.63. The van der Waals surface area contributed by atoms with Gasteiger partial charge < -0.3 is 20.1 Å². The lowest BCUT2D eigenvalue weighted by Crippen LogP contribution is -2.39. The van der Waals surface area contributed by atoms with Gasteiger partial charge in [0, 0.05) is 14.1 Å². The number of benzene rings is 1. The molecule has 0 saturated heterocycles. The molecule has 0 aliphatic rings. The van der Waals surface area contributed by atoms with Crippen molar-refractivity contribution in [1.29, 1.82) is 0 Å². The Balaban J connectivity index is 2.51. The smallest absolute Gasteiger partial charge is 0.338 e. The van der Waals surface area contributed by atoms with Crippen LogP contribution in [0.4, 0.5) is 9.59 Å². The van der Waals surface area contributed by atoms with E-state index in [4.69, 9.17) is 9.47 Å². The van der Waals surface area contributed by atoms with Gasteiger partial charge in [0.25, 0.3) is 11.8 Å². The van der Waals surface area contributed by atoms with Crippen LogP contribution in [0.15, 0.2) is 24.3 Å². The number of esters is 2. The molecule has 12 heteroatoms. The summed E-state index contributed by atoms with van der Waals surface area (Å²) in [6, 6.07) is 3.52. The minimum absolute atomic E-state index is 0.0432. The van der Waals surface area contributed by atoms with Crippen LogP contribution in [-0.4, -0.2) is 63.1 Å². The van der Waals surface area contributed by atoms with Crippen molar-refractivity contribution < 1.29 is 38.2 Å². The summed E-state index contributed by atoms with van der Waals surface area (Å²) in [6.07, 6.45) is 0. The van der Waals surface area contributed by atoms with Crippen molar-refractivity contribution in [3.8, 4) is 0 Å². The lowest BCUT2D eigenvalue weighted by molar-refractivity contribution is -0.123. The van der Waals surface area contributed by atoms with Gasteiger partial charge in [0.2, 0.25) is 0 Å². The summed E-state index contributed by atoms with van der Waals surface area (Å²) in [6.45, 7) is -1.34. The first-order valence-electron chi connectivity index (χ1n) is 7.74.